The Morgan fingerprint density at radius 3 is 1.85 bits per heavy atom. The van der Waals surface area contributed by atoms with Gasteiger partial charge in [-0.2, -0.15) is 5.26 Å². The number of hydrogen-bond donors (Lipinski definition) is 1. The smallest absolute Gasteiger partial charge is 0.313 e. The molecule has 9 aliphatic carbocycles. The lowest BCUT2D eigenvalue weighted by molar-refractivity contribution is -0.264. The number of carbonyl (C=O) groups excluding carboxylic acids is 2. The van der Waals surface area contributed by atoms with Crippen LogP contribution in [-0.2, 0) is 19.1 Å². The number of carbonyl (C=O) groups is 2. The number of nitriles is 1. The average molecular weight is 556 g/mol. The Kier molecular flexibility index (Phi) is 8.65. The van der Waals surface area contributed by atoms with Crippen molar-refractivity contribution in [2.75, 3.05) is 13.7 Å². The predicted molar refractivity (Wildman–Crippen MR) is 152 cm³/mol. The minimum atomic E-state index is -0.714. The number of ether oxygens (including phenoxy) is 2. The fraction of sp³-hybridized carbons (Fsp3) is 0.912. The summed E-state index contributed by atoms with van der Waals surface area (Å²) in [5, 5.41) is 17.4. The van der Waals surface area contributed by atoms with Gasteiger partial charge in [0.15, 0.2) is 0 Å². The maximum Gasteiger partial charge on any atom is 0.313 e. The van der Waals surface area contributed by atoms with Crippen LogP contribution in [0.3, 0.4) is 0 Å². The van der Waals surface area contributed by atoms with Gasteiger partial charge in [0.2, 0.25) is 0 Å². The van der Waals surface area contributed by atoms with Crippen LogP contribution in [0.2, 0.25) is 0 Å². The van der Waals surface area contributed by atoms with Crippen LogP contribution in [0.1, 0.15) is 105 Å². The van der Waals surface area contributed by atoms with E-state index < -0.39 is 5.41 Å². The summed E-state index contributed by atoms with van der Waals surface area (Å²) in [7, 11) is 1.33. The number of hydrogen-bond acceptors (Lipinski definition) is 6. The number of aliphatic hydroxyl groups excluding tert-OH is 1. The molecule has 0 heterocycles. The second kappa shape index (κ2) is 11.6. The van der Waals surface area contributed by atoms with Crippen LogP contribution in [0, 0.1) is 81.8 Å². The third-order valence-electron chi connectivity index (χ3n) is 13.0. The van der Waals surface area contributed by atoms with E-state index in [4.69, 9.17) is 15.1 Å². The van der Waals surface area contributed by atoms with E-state index in [1.54, 1.807) is 6.92 Å². The zero-order valence-electron chi connectivity index (χ0n) is 25.6. The van der Waals surface area contributed by atoms with Gasteiger partial charge in [-0.15, -0.1) is 0 Å². The number of rotatable bonds is 6. The maximum absolute atomic E-state index is 12.4. The fourth-order valence-corrected chi connectivity index (χ4v) is 10.4. The lowest BCUT2D eigenvalue weighted by Gasteiger charge is -2.71. The van der Waals surface area contributed by atoms with Crippen molar-refractivity contribution in [1.82, 2.24) is 0 Å². The summed E-state index contributed by atoms with van der Waals surface area (Å²) in [6, 6.07) is 2.40. The summed E-state index contributed by atoms with van der Waals surface area (Å²) in [6.07, 6.45) is 14.9. The molecule has 9 rings (SSSR count). The Bertz CT molecular complexity index is 921. The van der Waals surface area contributed by atoms with E-state index in [1.807, 2.05) is 13.8 Å². The number of methoxy groups -OCH3 is 1. The van der Waals surface area contributed by atoms with Crippen molar-refractivity contribution in [3.63, 3.8) is 0 Å². The molecule has 6 heteroatoms. The summed E-state index contributed by atoms with van der Waals surface area (Å²) < 4.78 is 10.7. The van der Waals surface area contributed by atoms with Gasteiger partial charge in [0.1, 0.15) is 5.60 Å². The van der Waals surface area contributed by atoms with Crippen molar-refractivity contribution in [2.24, 2.45) is 70.5 Å². The van der Waals surface area contributed by atoms with Crippen LogP contribution in [0.25, 0.3) is 0 Å². The quantitative estimate of drug-likeness (QED) is 0.373. The molecule has 9 saturated carbocycles. The van der Waals surface area contributed by atoms with Crippen molar-refractivity contribution in [1.29, 1.82) is 5.26 Å². The first kappa shape index (κ1) is 29.9. The van der Waals surface area contributed by atoms with E-state index in [2.05, 4.69) is 17.7 Å². The summed E-state index contributed by atoms with van der Waals surface area (Å²) in [4.78, 5) is 23.3. The number of aliphatic hydroxyl groups is 1. The van der Waals surface area contributed by atoms with Crippen LogP contribution in [0.4, 0.5) is 0 Å². The van der Waals surface area contributed by atoms with Gasteiger partial charge in [-0.1, -0.05) is 27.2 Å². The summed E-state index contributed by atoms with van der Waals surface area (Å²) >= 11 is 0. The van der Waals surface area contributed by atoms with Crippen LogP contribution < -0.4 is 0 Å². The molecule has 5 atom stereocenters. The topological polar surface area (TPSA) is 96.6 Å². The molecule has 40 heavy (non-hydrogen) atoms. The highest BCUT2D eigenvalue weighted by Crippen LogP contribution is 2.72. The molecule has 9 fully saturated rings. The molecular weight excluding hydrogens is 502 g/mol. The molecule has 10 bridgehead atoms. The third-order valence-corrected chi connectivity index (χ3v) is 13.0. The number of fused-ring (bicyclic) bond motifs is 2. The second-order valence-corrected chi connectivity index (χ2v) is 15.1. The lowest BCUT2D eigenvalue weighted by atomic mass is 9.35. The predicted octanol–water partition coefficient (Wildman–Crippen LogP) is 6.55. The van der Waals surface area contributed by atoms with Gasteiger partial charge >= 0.3 is 11.9 Å². The first-order valence-corrected chi connectivity index (χ1v) is 16.4. The van der Waals surface area contributed by atoms with Gasteiger partial charge in [-0.05, 0) is 131 Å². The van der Waals surface area contributed by atoms with E-state index in [1.165, 1.54) is 71.3 Å². The molecule has 0 saturated heterocycles. The fourth-order valence-electron chi connectivity index (χ4n) is 10.4. The molecule has 0 aromatic rings. The van der Waals surface area contributed by atoms with Crippen LogP contribution in [0.5, 0.6) is 0 Å². The summed E-state index contributed by atoms with van der Waals surface area (Å²) in [6.45, 7) is 7.47. The van der Waals surface area contributed by atoms with Crippen LogP contribution >= 0.6 is 0 Å². The van der Waals surface area contributed by atoms with Crippen molar-refractivity contribution >= 4 is 11.9 Å². The van der Waals surface area contributed by atoms with Crippen molar-refractivity contribution in [3.8, 4) is 6.07 Å². The lowest BCUT2D eigenvalue weighted by Crippen LogP contribution is -2.68. The van der Waals surface area contributed by atoms with Gasteiger partial charge < -0.3 is 14.6 Å². The molecule has 0 radical (unpaired) electrons. The highest BCUT2D eigenvalue weighted by Gasteiger charge is 2.68. The van der Waals surface area contributed by atoms with Crippen molar-refractivity contribution < 1.29 is 24.2 Å². The first-order valence-electron chi connectivity index (χ1n) is 16.4. The first-order chi connectivity index (χ1) is 19.1. The molecule has 0 spiro atoms. The molecule has 224 valence electrons. The van der Waals surface area contributed by atoms with Gasteiger partial charge in [0.25, 0.3) is 0 Å². The molecule has 0 aromatic heterocycles. The SMILES string of the molecule is CCC(C)(CO)C(=O)OC.CCC(C)C(=O)OC12CC3C4CC5CC3C(C1)C(C5)C4C2.N#CC1CC2CCC1C2. The monoisotopic (exact) mass is 555 g/mol. The van der Waals surface area contributed by atoms with E-state index in [9.17, 15) is 9.59 Å². The normalized spacial score (nSPS) is 44.4. The molecule has 5 unspecified atom stereocenters. The minimum Gasteiger partial charge on any atom is -0.469 e. The Morgan fingerprint density at radius 2 is 1.52 bits per heavy atom. The third kappa shape index (κ3) is 5.23. The zero-order valence-corrected chi connectivity index (χ0v) is 25.6. The van der Waals surface area contributed by atoms with Crippen LogP contribution in [-0.4, -0.2) is 36.4 Å². The molecule has 0 amide bonds. The highest BCUT2D eigenvalue weighted by atomic mass is 16.6. The van der Waals surface area contributed by atoms with Gasteiger partial charge in [-0.25, -0.2) is 0 Å². The Balaban J connectivity index is 0.000000142. The zero-order chi connectivity index (χ0) is 28.8. The molecule has 6 nitrogen and oxygen atoms in total. The Morgan fingerprint density at radius 1 is 0.950 bits per heavy atom. The Hall–Kier alpha value is -1.61. The van der Waals surface area contributed by atoms with Gasteiger partial charge in [0.05, 0.1) is 31.1 Å². The summed E-state index contributed by atoms with van der Waals surface area (Å²) in [5.41, 5.74) is -0.761. The molecule has 1 N–H and O–H groups in total. The van der Waals surface area contributed by atoms with E-state index in [-0.39, 0.29) is 30.1 Å². The highest BCUT2D eigenvalue weighted by molar-refractivity contribution is 5.76. The number of nitrogens with zero attached hydrogens (tertiary/aromatic N) is 1. The summed E-state index contributed by atoms with van der Waals surface area (Å²) in [5.74, 6) is 8.73. The average Bonchev–Trinajstić information content (AvgIpc) is 3.62. The standard InChI is InChI=1S/C19H28O2.C8H11N.C7H14O3/c1-3-10(2)18(20)21-19-7-15-12-4-11-5-13(15)17(9-19)14(6-11)16(12)8-19;9-5-8-4-6-1-2-7(8)3-6;1-4-7(2,5-8)6(9)10-3/h10-17H,3-9H2,1-2H3;6-8H,1-4H2;8H,4-5H2,1-3H3. The van der Waals surface area contributed by atoms with E-state index >= 15 is 0 Å². The van der Waals surface area contributed by atoms with Crippen LogP contribution in [0.15, 0.2) is 0 Å². The van der Waals surface area contributed by atoms with E-state index in [0.717, 1.165) is 59.7 Å². The molecule has 0 aliphatic heterocycles. The van der Waals surface area contributed by atoms with Crippen molar-refractivity contribution in [2.45, 2.75) is 110 Å². The molecular formula is C34H53NO5. The molecule has 0 aromatic carbocycles. The Labute approximate surface area is 241 Å². The number of esters is 2. The second-order valence-electron chi connectivity index (χ2n) is 15.1. The van der Waals surface area contributed by atoms with Gasteiger partial charge in [-0.3, -0.25) is 9.59 Å². The minimum absolute atomic E-state index is 0.0474. The largest absolute Gasteiger partial charge is 0.469 e. The van der Waals surface area contributed by atoms with Crippen molar-refractivity contribution in [3.05, 3.63) is 0 Å². The maximum atomic E-state index is 12.4. The van der Waals surface area contributed by atoms with Gasteiger partial charge in [0, 0.05) is 5.92 Å². The van der Waals surface area contributed by atoms with E-state index in [0.29, 0.717) is 12.3 Å². The molecule has 9 aliphatic rings.